The molecule has 3 rings (SSSR count). The molecule has 3 aromatic rings. The first kappa shape index (κ1) is 19.8. The Morgan fingerprint density at radius 1 is 1.14 bits per heavy atom. The minimum absolute atomic E-state index is 0.0895. The van der Waals surface area contributed by atoms with E-state index >= 15 is 0 Å². The summed E-state index contributed by atoms with van der Waals surface area (Å²) in [5.74, 6) is 2.87. The molecule has 0 aliphatic rings. The number of aromatic nitrogens is 3. The fraction of sp³-hybridized carbons (Fsp3) is 0.316. The van der Waals surface area contributed by atoms with Crippen molar-refractivity contribution >= 4 is 17.5 Å². The van der Waals surface area contributed by atoms with Crippen molar-refractivity contribution in [2.75, 3.05) is 27.1 Å². The first-order valence-electron chi connectivity index (χ1n) is 8.40. The van der Waals surface area contributed by atoms with E-state index in [-0.39, 0.29) is 11.5 Å². The van der Waals surface area contributed by atoms with E-state index in [1.54, 1.807) is 18.4 Å². The average Bonchev–Trinajstić information content (AvgIpc) is 3.29. The minimum atomic E-state index is -0.0895. The quantitative estimate of drug-likeness (QED) is 0.418. The summed E-state index contributed by atoms with van der Waals surface area (Å²) in [5.41, 5.74) is 1.34. The number of hydrogen-bond acceptors (Lipinski definition) is 8. The van der Waals surface area contributed by atoms with Crippen molar-refractivity contribution in [3.8, 4) is 28.6 Å². The molecule has 148 valence electrons. The molecule has 0 saturated carbocycles. The highest BCUT2D eigenvalue weighted by molar-refractivity contribution is 7.99. The maximum Gasteiger partial charge on any atom is 0.203 e. The number of rotatable bonds is 8. The van der Waals surface area contributed by atoms with Crippen molar-refractivity contribution in [1.82, 2.24) is 14.8 Å². The highest BCUT2D eigenvalue weighted by Crippen LogP contribution is 2.38. The van der Waals surface area contributed by atoms with Gasteiger partial charge in [0.2, 0.25) is 5.75 Å². The smallest absolute Gasteiger partial charge is 0.203 e. The van der Waals surface area contributed by atoms with Gasteiger partial charge >= 0.3 is 0 Å². The van der Waals surface area contributed by atoms with E-state index in [1.807, 2.05) is 24.6 Å². The van der Waals surface area contributed by atoms with Crippen LogP contribution in [0, 0.1) is 6.92 Å². The van der Waals surface area contributed by atoms with Gasteiger partial charge in [0.15, 0.2) is 28.3 Å². The highest BCUT2D eigenvalue weighted by atomic mass is 32.2. The van der Waals surface area contributed by atoms with Gasteiger partial charge in [-0.25, -0.2) is 0 Å². The third-order valence-corrected chi connectivity index (χ3v) is 5.27. The Balaban J connectivity index is 1.78. The van der Waals surface area contributed by atoms with E-state index in [0.29, 0.717) is 33.8 Å². The number of furan rings is 1. The highest BCUT2D eigenvalue weighted by Gasteiger charge is 2.19. The number of benzene rings is 1. The van der Waals surface area contributed by atoms with E-state index in [1.165, 1.54) is 33.1 Å². The summed E-state index contributed by atoms with van der Waals surface area (Å²) < 4.78 is 23.1. The molecule has 1 aromatic carbocycles. The minimum Gasteiger partial charge on any atom is -0.493 e. The molecule has 0 radical (unpaired) electrons. The van der Waals surface area contributed by atoms with E-state index in [9.17, 15) is 4.79 Å². The van der Waals surface area contributed by atoms with Crippen molar-refractivity contribution in [2.24, 2.45) is 7.05 Å². The second-order valence-corrected chi connectivity index (χ2v) is 6.82. The van der Waals surface area contributed by atoms with Crippen LogP contribution in [0.4, 0.5) is 0 Å². The molecule has 0 fully saturated rings. The number of thioether (sulfide) groups is 1. The molecular weight excluding hydrogens is 382 g/mol. The second-order valence-electron chi connectivity index (χ2n) is 5.88. The van der Waals surface area contributed by atoms with Crippen LogP contribution in [0.25, 0.3) is 11.4 Å². The van der Waals surface area contributed by atoms with Gasteiger partial charge in [-0.2, -0.15) is 0 Å². The third-order valence-electron chi connectivity index (χ3n) is 4.25. The van der Waals surface area contributed by atoms with Crippen molar-refractivity contribution in [1.29, 1.82) is 0 Å². The number of Topliss-reactive ketones (excluding diaryl/α,β-unsaturated/α-hetero) is 1. The molecule has 0 unspecified atom stereocenters. The number of carbonyl (C=O) groups excluding carboxylic acids is 1. The summed E-state index contributed by atoms with van der Waals surface area (Å²) in [6.07, 6.45) is 1.61. The maximum atomic E-state index is 12.7. The summed E-state index contributed by atoms with van der Waals surface area (Å²) in [6, 6.07) is 5.12. The normalized spacial score (nSPS) is 10.8. The van der Waals surface area contributed by atoms with Crippen LogP contribution in [-0.4, -0.2) is 47.6 Å². The molecule has 0 amide bonds. The van der Waals surface area contributed by atoms with Crippen LogP contribution in [0.3, 0.4) is 0 Å². The lowest BCUT2D eigenvalue weighted by molar-refractivity contribution is 0.102. The number of hydrogen-bond donors (Lipinski definition) is 0. The van der Waals surface area contributed by atoms with Crippen LogP contribution in [0.2, 0.25) is 0 Å². The van der Waals surface area contributed by atoms with Crippen molar-refractivity contribution in [3.05, 3.63) is 35.8 Å². The van der Waals surface area contributed by atoms with E-state index in [2.05, 4.69) is 10.2 Å². The van der Waals surface area contributed by atoms with Gasteiger partial charge in [-0.05, 0) is 25.1 Å². The summed E-state index contributed by atoms with van der Waals surface area (Å²) in [5, 5.41) is 9.03. The number of aryl methyl sites for hydroxylation is 1. The monoisotopic (exact) mass is 403 g/mol. The summed E-state index contributed by atoms with van der Waals surface area (Å²) in [6.45, 7) is 1.87. The van der Waals surface area contributed by atoms with Gasteiger partial charge in [0.05, 0.1) is 38.9 Å². The maximum absolute atomic E-state index is 12.7. The van der Waals surface area contributed by atoms with Crippen LogP contribution in [-0.2, 0) is 7.05 Å². The standard InChI is InChI=1S/C19H21N3O5S/c1-11-13(6-7-27-11)18-20-21-19(22(18)2)28-10-14(23)12-8-15(24-3)17(26-5)16(9-12)25-4/h6-9H,10H2,1-5H3. The Kier molecular flexibility index (Phi) is 5.93. The Bertz CT molecular complexity index is 970. The van der Waals surface area contributed by atoms with Crippen LogP contribution < -0.4 is 14.2 Å². The van der Waals surface area contributed by atoms with Gasteiger partial charge in [-0.3, -0.25) is 4.79 Å². The van der Waals surface area contributed by atoms with E-state index in [0.717, 1.165) is 11.3 Å². The van der Waals surface area contributed by atoms with E-state index < -0.39 is 0 Å². The number of nitrogens with zero attached hydrogens (tertiary/aromatic N) is 3. The molecule has 2 aromatic heterocycles. The Morgan fingerprint density at radius 3 is 2.36 bits per heavy atom. The molecule has 0 saturated heterocycles. The molecule has 0 aliphatic carbocycles. The molecule has 0 aliphatic heterocycles. The first-order chi connectivity index (χ1) is 13.5. The molecule has 2 heterocycles. The molecule has 0 spiro atoms. The van der Waals surface area contributed by atoms with Crippen LogP contribution in [0.5, 0.6) is 17.2 Å². The summed E-state index contributed by atoms with van der Waals surface area (Å²) in [7, 11) is 6.40. The Labute approximate surface area is 166 Å². The fourth-order valence-corrected chi connectivity index (χ4v) is 3.55. The van der Waals surface area contributed by atoms with Crippen molar-refractivity contribution in [2.45, 2.75) is 12.1 Å². The largest absolute Gasteiger partial charge is 0.493 e. The van der Waals surface area contributed by atoms with Crippen LogP contribution in [0.15, 0.2) is 34.0 Å². The zero-order chi connectivity index (χ0) is 20.3. The number of ether oxygens (including phenoxy) is 3. The second kappa shape index (κ2) is 8.39. The SMILES string of the molecule is COc1cc(C(=O)CSc2nnc(-c3ccoc3C)n2C)cc(OC)c1OC. The lowest BCUT2D eigenvalue weighted by Crippen LogP contribution is -2.06. The van der Waals surface area contributed by atoms with Gasteiger partial charge in [0, 0.05) is 12.6 Å². The summed E-state index contributed by atoms with van der Waals surface area (Å²) >= 11 is 1.31. The lowest BCUT2D eigenvalue weighted by atomic mass is 10.1. The molecule has 0 atom stereocenters. The molecule has 9 heteroatoms. The molecule has 0 bridgehead atoms. The zero-order valence-electron chi connectivity index (χ0n) is 16.3. The average molecular weight is 403 g/mol. The fourth-order valence-electron chi connectivity index (χ4n) is 2.75. The first-order valence-corrected chi connectivity index (χ1v) is 9.38. The number of carbonyl (C=O) groups is 1. The Hall–Kier alpha value is -2.94. The van der Waals surface area contributed by atoms with Gasteiger partial charge < -0.3 is 23.2 Å². The number of ketones is 1. The van der Waals surface area contributed by atoms with Crippen LogP contribution >= 0.6 is 11.8 Å². The molecular formula is C19H21N3O5S. The number of methoxy groups -OCH3 is 3. The van der Waals surface area contributed by atoms with Crippen LogP contribution in [0.1, 0.15) is 16.1 Å². The van der Waals surface area contributed by atoms with Gasteiger partial charge in [0.25, 0.3) is 0 Å². The predicted octanol–water partition coefficient (Wildman–Crippen LogP) is 3.38. The molecule has 8 nitrogen and oxygen atoms in total. The molecule has 0 N–H and O–H groups in total. The summed E-state index contributed by atoms with van der Waals surface area (Å²) in [4.78, 5) is 12.7. The van der Waals surface area contributed by atoms with E-state index in [4.69, 9.17) is 18.6 Å². The van der Waals surface area contributed by atoms with Gasteiger partial charge in [-0.1, -0.05) is 11.8 Å². The molecule has 28 heavy (non-hydrogen) atoms. The van der Waals surface area contributed by atoms with Gasteiger partial charge in [-0.15, -0.1) is 10.2 Å². The van der Waals surface area contributed by atoms with Crippen molar-refractivity contribution in [3.63, 3.8) is 0 Å². The third kappa shape index (κ3) is 3.70. The van der Waals surface area contributed by atoms with Gasteiger partial charge in [0.1, 0.15) is 5.76 Å². The topological polar surface area (TPSA) is 88.6 Å². The van der Waals surface area contributed by atoms with Crippen molar-refractivity contribution < 1.29 is 23.4 Å². The zero-order valence-corrected chi connectivity index (χ0v) is 17.1. The lowest BCUT2D eigenvalue weighted by Gasteiger charge is -2.13. The Morgan fingerprint density at radius 2 is 1.82 bits per heavy atom. The predicted molar refractivity (Wildman–Crippen MR) is 105 cm³/mol.